The highest BCUT2D eigenvalue weighted by atomic mass is 32.1. The van der Waals surface area contributed by atoms with Gasteiger partial charge in [0.05, 0.1) is 26.1 Å². The molecule has 1 saturated heterocycles. The van der Waals surface area contributed by atoms with Crippen LogP contribution in [0.3, 0.4) is 0 Å². The fourth-order valence-electron chi connectivity index (χ4n) is 5.02. The number of nitrogens with one attached hydrogen (secondary N) is 1. The van der Waals surface area contributed by atoms with Crippen molar-refractivity contribution in [1.29, 1.82) is 0 Å². The molecule has 2 aromatic heterocycles. The zero-order chi connectivity index (χ0) is 24.1. The number of benzene rings is 2. The lowest BCUT2D eigenvalue weighted by atomic mass is 10.1. The van der Waals surface area contributed by atoms with E-state index < -0.39 is 6.09 Å². The second kappa shape index (κ2) is 8.73. The second-order valence-corrected chi connectivity index (χ2v) is 11.3. The highest BCUT2D eigenvalue weighted by Gasteiger charge is 2.54. The summed E-state index contributed by atoms with van der Waals surface area (Å²) < 4.78 is 6.51. The van der Waals surface area contributed by atoms with E-state index >= 15 is 0 Å². The molecule has 2 amide bonds. The van der Waals surface area contributed by atoms with E-state index in [1.807, 2.05) is 49.1 Å². The monoisotopic (exact) mass is 504 g/mol. The molecule has 2 fully saturated rings. The number of aromatic nitrogens is 2. The summed E-state index contributed by atoms with van der Waals surface area (Å²) in [4.78, 5) is 38.0. The van der Waals surface area contributed by atoms with Crippen LogP contribution in [0.2, 0.25) is 0 Å². The van der Waals surface area contributed by atoms with Gasteiger partial charge in [-0.3, -0.25) is 4.79 Å². The Morgan fingerprint density at radius 1 is 1.20 bits per heavy atom. The second-order valence-electron chi connectivity index (χ2n) is 9.19. The third-order valence-electron chi connectivity index (χ3n) is 6.76. The highest BCUT2D eigenvalue weighted by Crippen LogP contribution is 2.50. The number of amides is 2. The maximum atomic E-state index is 13.7. The Labute approximate surface area is 210 Å². The van der Waals surface area contributed by atoms with Crippen LogP contribution in [0.15, 0.2) is 48.0 Å². The van der Waals surface area contributed by atoms with Crippen LogP contribution in [0.5, 0.6) is 5.75 Å². The van der Waals surface area contributed by atoms with Crippen molar-refractivity contribution < 1.29 is 14.3 Å². The number of likely N-dealkylation sites (tertiary alicyclic amines) is 1. The van der Waals surface area contributed by atoms with E-state index in [9.17, 15) is 9.59 Å². The molecule has 0 radical (unpaired) electrons. The number of carbonyl (C=O) groups excluding carboxylic acids is 2. The SMILES string of the molecule is Cc1cccc(-c2sc(C)nc2C(=O)N2C[C@@H]3C[C@@H]3[C@H]2CNC(=O)Oc2cccc3scnc23)c1. The van der Waals surface area contributed by atoms with Crippen LogP contribution in [0, 0.1) is 25.7 Å². The lowest BCUT2D eigenvalue weighted by Crippen LogP contribution is -2.46. The first-order valence-electron chi connectivity index (χ1n) is 11.6. The van der Waals surface area contributed by atoms with Gasteiger partial charge in [-0.15, -0.1) is 22.7 Å². The van der Waals surface area contributed by atoms with Crippen molar-refractivity contribution in [2.75, 3.05) is 13.1 Å². The van der Waals surface area contributed by atoms with Gasteiger partial charge in [0.15, 0.2) is 5.75 Å². The van der Waals surface area contributed by atoms with Crippen molar-refractivity contribution >= 4 is 44.9 Å². The van der Waals surface area contributed by atoms with E-state index in [-0.39, 0.29) is 11.9 Å². The molecule has 3 heterocycles. The third kappa shape index (κ3) is 4.19. The van der Waals surface area contributed by atoms with Crippen LogP contribution in [-0.4, -0.2) is 46.0 Å². The van der Waals surface area contributed by atoms with E-state index in [0.29, 0.717) is 41.9 Å². The molecule has 6 rings (SSSR count). The van der Waals surface area contributed by atoms with E-state index in [0.717, 1.165) is 32.1 Å². The van der Waals surface area contributed by atoms with Crippen molar-refractivity contribution in [2.24, 2.45) is 11.8 Å². The normalized spacial score (nSPS) is 20.6. The molecule has 2 aliphatic rings. The molecule has 1 aliphatic heterocycles. The standard InChI is InChI=1S/C26H24N4O3S2/c1-14-5-3-6-16(9-14)24-23(29-15(2)35-24)25(31)30-12-17-10-18(17)19(30)11-27-26(32)33-20-7-4-8-21-22(20)28-13-34-21/h3-9,13,17-19H,10-12H2,1-2H3,(H,27,32)/t17-,18-,19+/m0/s1. The lowest BCUT2D eigenvalue weighted by molar-refractivity contribution is 0.0700. The molecular weight excluding hydrogens is 480 g/mol. The fraction of sp³-hybridized carbons (Fsp3) is 0.308. The van der Waals surface area contributed by atoms with Gasteiger partial charge in [-0.1, -0.05) is 35.9 Å². The number of piperidine rings is 1. The molecule has 9 heteroatoms. The molecule has 4 aromatic rings. The Morgan fingerprint density at radius 2 is 2.06 bits per heavy atom. The topological polar surface area (TPSA) is 84.4 Å². The van der Waals surface area contributed by atoms with E-state index in [1.54, 1.807) is 22.9 Å². The molecule has 0 spiro atoms. The summed E-state index contributed by atoms with van der Waals surface area (Å²) in [6.07, 6.45) is 0.552. The van der Waals surface area contributed by atoms with Gasteiger partial charge in [0, 0.05) is 13.1 Å². The molecular formula is C26H24N4O3S2. The van der Waals surface area contributed by atoms with Gasteiger partial charge in [-0.25, -0.2) is 14.8 Å². The van der Waals surface area contributed by atoms with Crippen molar-refractivity contribution in [3.8, 4) is 16.2 Å². The summed E-state index contributed by atoms with van der Waals surface area (Å²) in [5.74, 6) is 1.27. The van der Waals surface area contributed by atoms with Crippen LogP contribution in [-0.2, 0) is 0 Å². The van der Waals surface area contributed by atoms with E-state index in [4.69, 9.17) is 4.74 Å². The molecule has 35 heavy (non-hydrogen) atoms. The van der Waals surface area contributed by atoms with E-state index in [1.165, 1.54) is 11.3 Å². The molecule has 178 valence electrons. The van der Waals surface area contributed by atoms with Gasteiger partial charge in [0.1, 0.15) is 11.2 Å². The lowest BCUT2D eigenvalue weighted by Gasteiger charge is -2.27. The maximum Gasteiger partial charge on any atom is 0.412 e. The molecule has 3 atom stereocenters. The van der Waals surface area contributed by atoms with Crippen molar-refractivity contribution in [2.45, 2.75) is 26.3 Å². The van der Waals surface area contributed by atoms with E-state index in [2.05, 4.69) is 21.4 Å². The number of carbonyl (C=O) groups is 2. The molecule has 1 N–H and O–H groups in total. The van der Waals surface area contributed by atoms with Crippen molar-refractivity contribution in [1.82, 2.24) is 20.2 Å². The number of thiazole rings is 2. The Bertz CT molecular complexity index is 1450. The summed E-state index contributed by atoms with van der Waals surface area (Å²) in [5, 5.41) is 3.75. The minimum absolute atomic E-state index is 0.0644. The largest absolute Gasteiger partial charge is 0.412 e. The first-order chi connectivity index (χ1) is 17.0. The summed E-state index contributed by atoms with van der Waals surface area (Å²) in [6, 6.07) is 13.6. The quantitative estimate of drug-likeness (QED) is 0.399. The number of aryl methyl sites for hydroxylation is 2. The Balaban J connectivity index is 1.18. The van der Waals surface area contributed by atoms with Gasteiger partial charge >= 0.3 is 6.09 Å². The predicted molar refractivity (Wildman–Crippen MR) is 137 cm³/mol. The average Bonchev–Trinajstić information content (AvgIpc) is 3.16. The Morgan fingerprint density at radius 3 is 2.91 bits per heavy atom. The average molecular weight is 505 g/mol. The minimum Gasteiger partial charge on any atom is -0.408 e. The first kappa shape index (κ1) is 22.2. The predicted octanol–water partition coefficient (Wildman–Crippen LogP) is 5.29. The fourth-order valence-corrected chi connectivity index (χ4v) is 6.62. The molecule has 0 unspecified atom stereocenters. The maximum absolute atomic E-state index is 13.7. The van der Waals surface area contributed by atoms with Crippen LogP contribution in [0.1, 0.15) is 27.5 Å². The van der Waals surface area contributed by atoms with Crippen LogP contribution >= 0.6 is 22.7 Å². The van der Waals surface area contributed by atoms with Crippen molar-refractivity contribution in [3.63, 3.8) is 0 Å². The Kier molecular flexibility index (Phi) is 5.53. The number of fused-ring (bicyclic) bond motifs is 2. The van der Waals surface area contributed by atoms with Gasteiger partial charge in [0.25, 0.3) is 5.91 Å². The highest BCUT2D eigenvalue weighted by molar-refractivity contribution is 7.16. The summed E-state index contributed by atoms with van der Waals surface area (Å²) in [6.45, 7) is 5.03. The van der Waals surface area contributed by atoms with Gasteiger partial charge in [-0.2, -0.15) is 0 Å². The van der Waals surface area contributed by atoms with Crippen LogP contribution < -0.4 is 10.1 Å². The number of rotatable bonds is 5. The minimum atomic E-state index is -0.535. The van der Waals surface area contributed by atoms with Crippen LogP contribution in [0.25, 0.3) is 20.7 Å². The van der Waals surface area contributed by atoms with Gasteiger partial charge in [0.2, 0.25) is 0 Å². The number of ether oxygens (including phenoxy) is 1. The molecule has 7 nitrogen and oxygen atoms in total. The summed E-state index contributed by atoms with van der Waals surface area (Å²) >= 11 is 3.04. The smallest absolute Gasteiger partial charge is 0.408 e. The number of hydrogen-bond acceptors (Lipinski definition) is 7. The summed E-state index contributed by atoms with van der Waals surface area (Å²) in [5.41, 5.74) is 5.06. The Hall–Kier alpha value is -3.30. The third-order valence-corrected chi connectivity index (χ3v) is 8.58. The number of nitrogens with zero attached hydrogens (tertiary/aromatic N) is 3. The molecule has 1 aliphatic carbocycles. The number of hydrogen-bond donors (Lipinski definition) is 1. The molecule has 2 aromatic carbocycles. The summed E-state index contributed by atoms with van der Waals surface area (Å²) in [7, 11) is 0. The van der Waals surface area contributed by atoms with Gasteiger partial charge < -0.3 is 15.0 Å². The van der Waals surface area contributed by atoms with Crippen LogP contribution in [0.4, 0.5) is 4.79 Å². The number of para-hydroxylation sites is 1. The van der Waals surface area contributed by atoms with Gasteiger partial charge in [-0.05, 0) is 49.8 Å². The van der Waals surface area contributed by atoms with Crippen molar-refractivity contribution in [3.05, 3.63) is 64.2 Å². The molecule has 0 bridgehead atoms. The zero-order valence-corrected chi connectivity index (χ0v) is 21.0. The molecule has 1 saturated carbocycles. The zero-order valence-electron chi connectivity index (χ0n) is 19.4. The first-order valence-corrected chi connectivity index (χ1v) is 13.3.